The Labute approximate surface area is 94.5 Å². The first kappa shape index (κ1) is 11.2. The van der Waals surface area contributed by atoms with E-state index in [1.54, 1.807) is 12.1 Å². The van der Waals surface area contributed by atoms with Crippen LogP contribution >= 0.6 is 0 Å². The molecule has 2 unspecified atom stereocenters. The van der Waals surface area contributed by atoms with E-state index in [0.717, 1.165) is 25.7 Å². The molecule has 0 spiro atoms. The Bertz CT molecular complexity index is 370. The largest absolute Gasteiger partial charge is 0.399 e. The molecule has 0 bridgehead atoms. The van der Waals surface area contributed by atoms with E-state index < -0.39 is 0 Å². The first-order valence-electron chi connectivity index (χ1n) is 5.66. The van der Waals surface area contributed by atoms with Crippen LogP contribution in [0.1, 0.15) is 25.7 Å². The lowest BCUT2D eigenvalue weighted by Crippen LogP contribution is -2.36. The Hall–Kier alpha value is -1.29. The predicted octanol–water partition coefficient (Wildman–Crippen LogP) is 2.12. The van der Waals surface area contributed by atoms with Crippen LogP contribution in [0.15, 0.2) is 18.2 Å². The summed E-state index contributed by atoms with van der Waals surface area (Å²) in [4.78, 5) is 0. The molecular weight excluding hydrogens is 207 g/mol. The molecule has 1 aromatic rings. The second kappa shape index (κ2) is 4.70. The van der Waals surface area contributed by atoms with Gasteiger partial charge in [-0.15, -0.1) is 0 Å². The van der Waals surface area contributed by atoms with Crippen molar-refractivity contribution < 1.29 is 9.50 Å². The third kappa shape index (κ3) is 2.44. The van der Waals surface area contributed by atoms with Crippen molar-refractivity contribution in [1.82, 2.24) is 0 Å². The van der Waals surface area contributed by atoms with Gasteiger partial charge in [-0.05, 0) is 31.0 Å². The molecule has 2 atom stereocenters. The van der Waals surface area contributed by atoms with Crippen LogP contribution in [0.4, 0.5) is 15.8 Å². The molecular formula is C12H17FN2O. The maximum atomic E-state index is 13.5. The molecule has 0 heterocycles. The highest BCUT2D eigenvalue weighted by Crippen LogP contribution is 2.24. The second-order valence-electron chi connectivity index (χ2n) is 4.34. The van der Waals surface area contributed by atoms with Crippen LogP contribution in [0.3, 0.4) is 0 Å². The molecule has 1 fully saturated rings. The summed E-state index contributed by atoms with van der Waals surface area (Å²) in [5.41, 5.74) is 6.30. The number of nitrogens with one attached hydrogen (secondary N) is 1. The van der Waals surface area contributed by atoms with Gasteiger partial charge in [-0.1, -0.05) is 12.8 Å². The molecule has 1 aliphatic carbocycles. The Kier molecular flexibility index (Phi) is 3.29. The lowest BCUT2D eigenvalue weighted by molar-refractivity contribution is 0.116. The molecule has 0 amide bonds. The number of nitrogens with two attached hydrogens (primary N) is 1. The van der Waals surface area contributed by atoms with Gasteiger partial charge in [0.2, 0.25) is 0 Å². The number of halogens is 1. The van der Waals surface area contributed by atoms with Gasteiger partial charge in [-0.3, -0.25) is 0 Å². The van der Waals surface area contributed by atoms with E-state index >= 15 is 0 Å². The minimum atomic E-state index is -0.384. The van der Waals surface area contributed by atoms with E-state index in [-0.39, 0.29) is 18.0 Å². The van der Waals surface area contributed by atoms with Crippen molar-refractivity contribution in [2.75, 3.05) is 11.1 Å². The fourth-order valence-corrected chi connectivity index (χ4v) is 2.13. The highest BCUT2D eigenvalue weighted by Gasteiger charge is 2.23. The number of nitrogen functional groups attached to an aromatic ring is 1. The SMILES string of the molecule is Nc1ccc(NC2CCCCC2O)c(F)c1. The lowest BCUT2D eigenvalue weighted by atomic mass is 9.92. The zero-order valence-corrected chi connectivity index (χ0v) is 9.12. The van der Waals surface area contributed by atoms with Crippen LogP contribution in [0.5, 0.6) is 0 Å². The van der Waals surface area contributed by atoms with Gasteiger partial charge in [0, 0.05) is 5.69 Å². The Balaban J connectivity index is 2.07. The number of rotatable bonds is 2. The van der Waals surface area contributed by atoms with Crippen LogP contribution in [-0.2, 0) is 0 Å². The van der Waals surface area contributed by atoms with E-state index in [2.05, 4.69) is 5.32 Å². The van der Waals surface area contributed by atoms with Gasteiger partial charge in [-0.25, -0.2) is 4.39 Å². The second-order valence-corrected chi connectivity index (χ2v) is 4.34. The van der Waals surface area contributed by atoms with E-state index in [1.165, 1.54) is 6.07 Å². The summed E-state index contributed by atoms with van der Waals surface area (Å²) < 4.78 is 13.5. The number of hydrogen-bond donors (Lipinski definition) is 3. The van der Waals surface area contributed by atoms with Gasteiger partial charge in [0.05, 0.1) is 17.8 Å². The fraction of sp³-hybridized carbons (Fsp3) is 0.500. The maximum Gasteiger partial charge on any atom is 0.148 e. The topological polar surface area (TPSA) is 58.3 Å². The highest BCUT2D eigenvalue weighted by atomic mass is 19.1. The molecule has 2 rings (SSSR count). The van der Waals surface area contributed by atoms with Gasteiger partial charge in [0.1, 0.15) is 5.82 Å². The van der Waals surface area contributed by atoms with Gasteiger partial charge in [-0.2, -0.15) is 0 Å². The van der Waals surface area contributed by atoms with Crippen LogP contribution in [0.25, 0.3) is 0 Å². The summed E-state index contributed by atoms with van der Waals surface area (Å²) in [5.74, 6) is -0.363. The number of aliphatic hydroxyl groups is 1. The molecule has 0 radical (unpaired) electrons. The normalized spacial score (nSPS) is 25.4. The Morgan fingerprint density at radius 2 is 2.06 bits per heavy atom. The third-order valence-corrected chi connectivity index (χ3v) is 3.06. The molecule has 0 saturated heterocycles. The Morgan fingerprint density at radius 1 is 1.31 bits per heavy atom. The summed E-state index contributed by atoms with van der Waals surface area (Å²) in [6.07, 6.45) is 3.40. The predicted molar refractivity (Wildman–Crippen MR) is 62.7 cm³/mol. The van der Waals surface area contributed by atoms with Gasteiger partial charge in [0.25, 0.3) is 0 Å². The van der Waals surface area contributed by atoms with Gasteiger partial charge >= 0.3 is 0 Å². The first-order chi connectivity index (χ1) is 7.66. The zero-order valence-electron chi connectivity index (χ0n) is 9.12. The minimum absolute atomic E-state index is 0.0492. The van der Waals surface area contributed by atoms with E-state index in [9.17, 15) is 9.50 Å². The van der Waals surface area contributed by atoms with Crippen LogP contribution in [-0.4, -0.2) is 17.3 Å². The average Bonchev–Trinajstić information content (AvgIpc) is 2.25. The molecule has 4 N–H and O–H groups in total. The van der Waals surface area contributed by atoms with Gasteiger partial charge < -0.3 is 16.2 Å². The first-order valence-corrected chi connectivity index (χ1v) is 5.66. The summed E-state index contributed by atoms with van der Waals surface area (Å²) in [7, 11) is 0. The van der Waals surface area contributed by atoms with Crippen molar-refractivity contribution in [3.63, 3.8) is 0 Å². The smallest absolute Gasteiger partial charge is 0.148 e. The maximum absolute atomic E-state index is 13.5. The number of aliphatic hydroxyl groups excluding tert-OH is 1. The van der Waals surface area contributed by atoms with Crippen molar-refractivity contribution in [3.8, 4) is 0 Å². The molecule has 1 saturated carbocycles. The standard InChI is InChI=1S/C12H17FN2O/c13-9-7-8(14)5-6-10(9)15-11-3-1-2-4-12(11)16/h5-7,11-12,15-16H,1-4,14H2. The molecule has 3 nitrogen and oxygen atoms in total. The molecule has 1 aliphatic rings. The van der Waals surface area contributed by atoms with Crippen LogP contribution in [0.2, 0.25) is 0 Å². The molecule has 0 aliphatic heterocycles. The van der Waals surface area contributed by atoms with E-state index in [0.29, 0.717) is 11.4 Å². The number of anilines is 2. The van der Waals surface area contributed by atoms with Crippen molar-refractivity contribution in [1.29, 1.82) is 0 Å². The summed E-state index contributed by atoms with van der Waals surface area (Å²) in [6, 6.07) is 4.51. The highest BCUT2D eigenvalue weighted by molar-refractivity contribution is 5.53. The number of benzene rings is 1. The van der Waals surface area contributed by atoms with Gasteiger partial charge in [0.15, 0.2) is 0 Å². The Morgan fingerprint density at radius 3 is 2.75 bits per heavy atom. The number of hydrogen-bond acceptors (Lipinski definition) is 3. The molecule has 4 heteroatoms. The fourth-order valence-electron chi connectivity index (χ4n) is 2.13. The van der Waals surface area contributed by atoms with E-state index in [1.807, 2.05) is 0 Å². The monoisotopic (exact) mass is 224 g/mol. The minimum Gasteiger partial charge on any atom is -0.399 e. The third-order valence-electron chi connectivity index (χ3n) is 3.06. The molecule has 1 aromatic carbocycles. The summed E-state index contributed by atoms with van der Waals surface area (Å²) in [6.45, 7) is 0. The average molecular weight is 224 g/mol. The molecule has 0 aromatic heterocycles. The van der Waals surface area contributed by atoms with Crippen molar-refractivity contribution >= 4 is 11.4 Å². The molecule has 88 valence electrons. The van der Waals surface area contributed by atoms with E-state index in [4.69, 9.17) is 5.73 Å². The van der Waals surface area contributed by atoms with Crippen LogP contribution < -0.4 is 11.1 Å². The lowest BCUT2D eigenvalue weighted by Gasteiger charge is -2.29. The summed E-state index contributed by atoms with van der Waals surface area (Å²) in [5, 5.41) is 12.8. The zero-order chi connectivity index (χ0) is 11.5. The quantitative estimate of drug-likeness (QED) is 0.674. The summed E-state index contributed by atoms with van der Waals surface area (Å²) >= 11 is 0. The van der Waals surface area contributed by atoms with Crippen molar-refractivity contribution in [2.24, 2.45) is 0 Å². The van der Waals surface area contributed by atoms with Crippen molar-refractivity contribution in [2.45, 2.75) is 37.8 Å². The van der Waals surface area contributed by atoms with Crippen LogP contribution in [0, 0.1) is 5.82 Å². The molecule has 16 heavy (non-hydrogen) atoms. The van der Waals surface area contributed by atoms with Crippen molar-refractivity contribution in [3.05, 3.63) is 24.0 Å².